The number of carboxylic acid groups (broad SMARTS) is 1. The van der Waals surface area contributed by atoms with Gasteiger partial charge in [-0.2, -0.15) is 5.10 Å². The van der Waals surface area contributed by atoms with Crippen LogP contribution in [0, 0.1) is 5.92 Å². The van der Waals surface area contributed by atoms with E-state index >= 15 is 0 Å². The zero-order chi connectivity index (χ0) is 14.5. The Morgan fingerprint density at radius 2 is 2.10 bits per heavy atom. The molecule has 6 heteroatoms. The van der Waals surface area contributed by atoms with Gasteiger partial charge in [0.2, 0.25) is 0 Å². The SMILES string of the molecule is CCCn1cc(C(=O)NC2CCC(C(=O)O)CC2)cn1. The molecule has 1 aromatic rings. The normalized spacial score (nSPS) is 22.4. The Morgan fingerprint density at radius 1 is 1.40 bits per heavy atom. The topological polar surface area (TPSA) is 84.2 Å². The molecule has 0 unspecified atom stereocenters. The summed E-state index contributed by atoms with van der Waals surface area (Å²) in [6.07, 6.45) is 7.03. The monoisotopic (exact) mass is 279 g/mol. The first-order chi connectivity index (χ1) is 9.60. The summed E-state index contributed by atoms with van der Waals surface area (Å²) in [4.78, 5) is 22.9. The summed E-state index contributed by atoms with van der Waals surface area (Å²) in [6, 6.07) is 0.0765. The Morgan fingerprint density at radius 3 is 2.70 bits per heavy atom. The first-order valence-electron chi connectivity index (χ1n) is 7.16. The lowest BCUT2D eigenvalue weighted by atomic mass is 9.86. The van der Waals surface area contributed by atoms with Gasteiger partial charge in [-0.05, 0) is 32.1 Å². The van der Waals surface area contributed by atoms with E-state index in [4.69, 9.17) is 5.11 Å². The van der Waals surface area contributed by atoms with E-state index in [0.717, 1.165) is 25.8 Å². The van der Waals surface area contributed by atoms with Gasteiger partial charge in [0.15, 0.2) is 0 Å². The van der Waals surface area contributed by atoms with E-state index in [9.17, 15) is 9.59 Å². The predicted molar refractivity (Wildman–Crippen MR) is 73.4 cm³/mol. The number of carboxylic acids is 1. The number of hydrogen-bond acceptors (Lipinski definition) is 3. The molecule has 0 aliphatic heterocycles. The molecule has 0 bridgehead atoms. The first kappa shape index (κ1) is 14.6. The van der Waals surface area contributed by atoms with Crippen LogP contribution < -0.4 is 5.32 Å². The van der Waals surface area contributed by atoms with Crippen LogP contribution >= 0.6 is 0 Å². The number of nitrogens with zero attached hydrogens (tertiary/aromatic N) is 2. The van der Waals surface area contributed by atoms with E-state index in [1.165, 1.54) is 0 Å². The fourth-order valence-electron chi connectivity index (χ4n) is 2.59. The molecule has 1 saturated carbocycles. The molecule has 0 atom stereocenters. The van der Waals surface area contributed by atoms with Gasteiger partial charge in [0, 0.05) is 18.8 Å². The Balaban J connectivity index is 1.84. The Bertz CT molecular complexity index is 476. The summed E-state index contributed by atoms with van der Waals surface area (Å²) in [5.41, 5.74) is 0.568. The van der Waals surface area contributed by atoms with E-state index in [-0.39, 0.29) is 17.9 Å². The van der Waals surface area contributed by atoms with Gasteiger partial charge in [-0.25, -0.2) is 0 Å². The third-order valence-corrected chi connectivity index (χ3v) is 3.76. The lowest BCUT2D eigenvalue weighted by molar-refractivity contribution is -0.142. The van der Waals surface area contributed by atoms with Crippen molar-refractivity contribution in [3.8, 4) is 0 Å². The molecule has 0 spiro atoms. The number of nitrogens with one attached hydrogen (secondary N) is 1. The standard InChI is InChI=1S/C14H21N3O3/c1-2-7-17-9-11(8-15-17)13(18)16-12-5-3-10(4-6-12)14(19)20/h8-10,12H,2-7H2,1H3,(H,16,18)(H,19,20). The fourth-order valence-corrected chi connectivity index (χ4v) is 2.59. The minimum absolute atomic E-state index is 0.0765. The lowest BCUT2D eigenvalue weighted by Gasteiger charge is -2.26. The Hall–Kier alpha value is -1.85. The summed E-state index contributed by atoms with van der Waals surface area (Å²) >= 11 is 0. The van der Waals surface area contributed by atoms with Crippen LogP contribution in [0.2, 0.25) is 0 Å². The van der Waals surface area contributed by atoms with Crippen LogP contribution in [-0.4, -0.2) is 32.8 Å². The van der Waals surface area contributed by atoms with Crippen molar-refractivity contribution in [3.05, 3.63) is 18.0 Å². The summed E-state index contributed by atoms with van der Waals surface area (Å²) in [5, 5.41) is 16.0. The smallest absolute Gasteiger partial charge is 0.306 e. The van der Waals surface area contributed by atoms with E-state index < -0.39 is 5.97 Å². The zero-order valence-electron chi connectivity index (χ0n) is 11.7. The van der Waals surface area contributed by atoms with Crippen LogP contribution in [0.15, 0.2) is 12.4 Å². The molecule has 1 aliphatic carbocycles. The minimum atomic E-state index is -0.726. The van der Waals surface area contributed by atoms with Crippen LogP contribution in [0.4, 0.5) is 0 Å². The molecule has 1 fully saturated rings. The highest BCUT2D eigenvalue weighted by Crippen LogP contribution is 2.24. The number of carbonyl (C=O) groups excluding carboxylic acids is 1. The third-order valence-electron chi connectivity index (χ3n) is 3.76. The van der Waals surface area contributed by atoms with Crippen molar-refractivity contribution >= 4 is 11.9 Å². The van der Waals surface area contributed by atoms with Crippen molar-refractivity contribution in [2.24, 2.45) is 5.92 Å². The molecule has 1 amide bonds. The van der Waals surface area contributed by atoms with Crippen LogP contribution in [0.5, 0.6) is 0 Å². The quantitative estimate of drug-likeness (QED) is 0.858. The molecule has 1 heterocycles. The summed E-state index contributed by atoms with van der Waals surface area (Å²) in [7, 11) is 0. The molecular formula is C14H21N3O3. The molecule has 2 N–H and O–H groups in total. The number of aromatic nitrogens is 2. The molecule has 110 valence electrons. The van der Waals surface area contributed by atoms with Crippen molar-refractivity contribution in [2.75, 3.05) is 0 Å². The number of carbonyl (C=O) groups is 2. The van der Waals surface area contributed by atoms with E-state index in [0.29, 0.717) is 18.4 Å². The van der Waals surface area contributed by atoms with Crippen molar-refractivity contribution < 1.29 is 14.7 Å². The van der Waals surface area contributed by atoms with Crippen LogP contribution in [0.3, 0.4) is 0 Å². The van der Waals surface area contributed by atoms with E-state index in [2.05, 4.69) is 17.3 Å². The molecule has 0 saturated heterocycles. The van der Waals surface area contributed by atoms with E-state index in [1.807, 2.05) is 0 Å². The van der Waals surface area contributed by atoms with Gasteiger partial charge < -0.3 is 10.4 Å². The molecule has 2 rings (SSSR count). The van der Waals surface area contributed by atoms with Crippen molar-refractivity contribution in [2.45, 2.75) is 51.6 Å². The highest BCUT2D eigenvalue weighted by Gasteiger charge is 2.27. The lowest BCUT2D eigenvalue weighted by Crippen LogP contribution is -2.38. The number of hydrogen-bond donors (Lipinski definition) is 2. The number of aryl methyl sites for hydroxylation is 1. The fraction of sp³-hybridized carbons (Fsp3) is 0.643. The molecule has 1 aromatic heterocycles. The largest absolute Gasteiger partial charge is 0.481 e. The maximum absolute atomic E-state index is 12.1. The van der Waals surface area contributed by atoms with Gasteiger partial charge in [-0.15, -0.1) is 0 Å². The second kappa shape index (κ2) is 6.54. The summed E-state index contributed by atoms with van der Waals surface area (Å²) < 4.78 is 1.76. The maximum atomic E-state index is 12.1. The molecule has 20 heavy (non-hydrogen) atoms. The zero-order valence-corrected chi connectivity index (χ0v) is 11.7. The summed E-state index contributed by atoms with van der Waals surface area (Å²) in [5.74, 6) is -1.10. The molecule has 0 radical (unpaired) electrons. The molecular weight excluding hydrogens is 258 g/mol. The Labute approximate surface area is 118 Å². The van der Waals surface area contributed by atoms with Crippen molar-refractivity contribution in [1.82, 2.24) is 15.1 Å². The second-order valence-electron chi connectivity index (χ2n) is 5.35. The number of rotatable bonds is 5. The minimum Gasteiger partial charge on any atom is -0.481 e. The maximum Gasteiger partial charge on any atom is 0.306 e. The Kier molecular flexibility index (Phi) is 4.76. The van der Waals surface area contributed by atoms with Crippen LogP contribution in [-0.2, 0) is 11.3 Å². The molecule has 0 aromatic carbocycles. The van der Waals surface area contributed by atoms with Gasteiger partial charge >= 0.3 is 5.97 Å². The molecule has 6 nitrogen and oxygen atoms in total. The highest BCUT2D eigenvalue weighted by molar-refractivity contribution is 5.93. The highest BCUT2D eigenvalue weighted by atomic mass is 16.4. The van der Waals surface area contributed by atoms with E-state index in [1.54, 1.807) is 17.1 Å². The van der Waals surface area contributed by atoms with Crippen LogP contribution in [0.1, 0.15) is 49.4 Å². The third kappa shape index (κ3) is 3.59. The van der Waals surface area contributed by atoms with Gasteiger partial charge in [0.1, 0.15) is 0 Å². The predicted octanol–water partition coefficient (Wildman–Crippen LogP) is 1.67. The van der Waals surface area contributed by atoms with Gasteiger partial charge in [0.25, 0.3) is 5.91 Å². The molecule has 1 aliphatic rings. The second-order valence-corrected chi connectivity index (χ2v) is 5.35. The van der Waals surface area contributed by atoms with Gasteiger partial charge in [0.05, 0.1) is 17.7 Å². The number of amides is 1. The van der Waals surface area contributed by atoms with Crippen molar-refractivity contribution in [3.63, 3.8) is 0 Å². The van der Waals surface area contributed by atoms with Gasteiger partial charge in [-0.1, -0.05) is 6.92 Å². The van der Waals surface area contributed by atoms with Crippen LogP contribution in [0.25, 0.3) is 0 Å². The summed E-state index contributed by atoms with van der Waals surface area (Å²) in [6.45, 7) is 2.86. The van der Waals surface area contributed by atoms with Crippen molar-refractivity contribution in [1.29, 1.82) is 0 Å². The average molecular weight is 279 g/mol. The first-order valence-corrected chi connectivity index (χ1v) is 7.16. The average Bonchev–Trinajstić information content (AvgIpc) is 2.88. The number of aliphatic carboxylic acids is 1. The van der Waals surface area contributed by atoms with Gasteiger partial charge in [-0.3, -0.25) is 14.3 Å².